The maximum Gasteiger partial charge on any atom is 0.331 e. The number of nitrogens with zero attached hydrogens (tertiary/aromatic N) is 1. The minimum atomic E-state index is -3.34. The minimum absolute atomic E-state index is 0.0725. The second-order valence-corrected chi connectivity index (χ2v) is 9.64. The molecule has 1 unspecified atom stereocenters. The molecule has 2 aliphatic heterocycles. The quantitative estimate of drug-likeness (QED) is 0.471. The lowest BCUT2D eigenvalue weighted by atomic mass is 9.87. The van der Waals surface area contributed by atoms with E-state index in [0.717, 1.165) is 19.6 Å². The predicted molar refractivity (Wildman–Crippen MR) is 98.6 cm³/mol. The summed E-state index contributed by atoms with van der Waals surface area (Å²) in [5.41, 5.74) is -0.618. The molecule has 1 amide bonds. The third-order valence-corrected chi connectivity index (χ3v) is 6.63. The number of carbonyl (C=O) groups excluding carboxylic acids is 2. The van der Waals surface area contributed by atoms with E-state index in [1.165, 1.54) is 7.11 Å². The molecule has 2 atom stereocenters. The van der Waals surface area contributed by atoms with Crippen molar-refractivity contribution >= 4 is 19.5 Å². The molecule has 0 radical (unpaired) electrons. The lowest BCUT2D eigenvalue weighted by Crippen LogP contribution is -2.50. The molecule has 27 heavy (non-hydrogen) atoms. The van der Waals surface area contributed by atoms with Crippen LogP contribution in [0.1, 0.15) is 26.7 Å². The fourth-order valence-electron chi connectivity index (χ4n) is 2.99. The van der Waals surface area contributed by atoms with Gasteiger partial charge in [0.15, 0.2) is 6.10 Å². The van der Waals surface area contributed by atoms with Crippen LogP contribution in [0.5, 0.6) is 0 Å². The molecule has 0 aromatic carbocycles. The number of carbonyl (C=O) groups is 2. The van der Waals surface area contributed by atoms with Gasteiger partial charge in [-0.2, -0.15) is 0 Å². The van der Waals surface area contributed by atoms with E-state index < -0.39 is 25.1 Å². The number of amides is 1. The average molecular weight is 406 g/mol. The third-order valence-electron chi connectivity index (χ3n) is 4.71. The lowest BCUT2D eigenvalue weighted by molar-refractivity contribution is -0.141. The smallest absolute Gasteiger partial charge is 0.331 e. The summed E-state index contributed by atoms with van der Waals surface area (Å²) in [6.07, 6.45) is 0.113. The van der Waals surface area contributed by atoms with Gasteiger partial charge in [0, 0.05) is 25.0 Å². The molecule has 2 heterocycles. The van der Waals surface area contributed by atoms with E-state index >= 15 is 0 Å². The lowest BCUT2D eigenvalue weighted by Gasteiger charge is -2.40. The molecule has 10 heteroatoms. The summed E-state index contributed by atoms with van der Waals surface area (Å²) >= 11 is 0. The molecule has 0 spiro atoms. The standard InChI is InChI=1S/C17H31N2O7P/c1-17(2)13-25-27(22,12-4-7-19-8-10-24-11-9-19)26-15(17)16(21)18-6-5-14(20)23-3/h15H,4-13H2,1-3H3,(H,18,21)/t15-,27?/m0/s1. The van der Waals surface area contributed by atoms with Crippen molar-refractivity contribution in [1.82, 2.24) is 10.2 Å². The molecule has 0 aromatic heterocycles. The molecule has 1 N–H and O–H groups in total. The van der Waals surface area contributed by atoms with Gasteiger partial charge in [-0.25, -0.2) is 0 Å². The number of morpholine rings is 1. The van der Waals surface area contributed by atoms with Crippen LogP contribution in [0.3, 0.4) is 0 Å². The molecule has 0 aliphatic carbocycles. The third kappa shape index (κ3) is 6.84. The zero-order valence-corrected chi connectivity index (χ0v) is 17.3. The summed E-state index contributed by atoms with van der Waals surface area (Å²) in [6, 6.07) is 0. The van der Waals surface area contributed by atoms with E-state index in [1.54, 1.807) is 0 Å². The second kappa shape index (κ2) is 9.98. The van der Waals surface area contributed by atoms with Crippen LogP contribution >= 0.6 is 7.60 Å². The Labute approximate surface area is 160 Å². The van der Waals surface area contributed by atoms with Crippen molar-refractivity contribution in [3.63, 3.8) is 0 Å². The predicted octanol–water partition coefficient (Wildman–Crippen LogP) is 1.02. The molecule has 2 rings (SSSR count). The number of hydrogen-bond acceptors (Lipinski definition) is 8. The van der Waals surface area contributed by atoms with Crippen LogP contribution in [-0.2, 0) is 32.7 Å². The Morgan fingerprint density at radius 3 is 2.67 bits per heavy atom. The highest BCUT2D eigenvalue weighted by atomic mass is 31.2. The minimum Gasteiger partial charge on any atom is -0.469 e. The molecule has 2 saturated heterocycles. The zero-order valence-electron chi connectivity index (χ0n) is 16.4. The van der Waals surface area contributed by atoms with Crippen LogP contribution in [0.25, 0.3) is 0 Å². The maximum absolute atomic E-state index is 13.0. The summed E-state index contributed by atoms with van der Waals surface area (Å²) in [7, 11) is -2.04. The van der Waals surface area contributed by atoms with Gasteiger partial charge >= 0.3 is 13.6 Å². The van der Waals surface area contributed by atoms with Crippen molar-refractivity contribution in [2.24, 2.45) is 5.41 Å². The molecule has 9 nitrogen and oxygen atoms in total. The van der Waals surface area contributed by atoms with Crippen LogP contribution in [0.2, 0.25) is 0 Å². The molecular formula is C17H31N2O7P. The van der Waals surface area contributed by atoms with Crippen LogP contribution in [-0.4, -0.2) is 82.2 Å². The summed E-state index contributed by atoms with van der Waals surface area (Å²) < 4.78 is 34.1. The van der Waals surface area contributed by atoms with Gasteiger partial charge < -0.3 is 19.3 Å². The van der Waals surface area contributed by atoms with Crippen molar-refractivity contribution in [3.8, 4) is 0 Å². The number of ether oxygens (including phenoxy) is 2. The van der Waals surface area contributed by atoms with Crippen molar-refractivity contribution < 1.29 is 32.7 Å². The molecule has 0 bridgehead atoms. The number of rotatable bonds is 8. The summed E-state index contributed by atoms with van der Waals surface area (Å²) in [5.74, 6) is -0.795. The van der Waals surface area contributed by atoms with Gasteiger partial charge in [-0.1, -0.05) is 13.8 Å². The highest BCUT2D eigenvalue weighted by Gasteiger charge is 2.47. The van der Waals surface area contributed by atoms with Crippen LogP contribution in [0.15, 0.2) is 0 Å². The Morgan fingerprint density at radius 2 is 2.00 bits per heavy atom. The summed E-state index contributed by atoms with van der Waals surface area (Å²) in [4.78, 5) is 25.9. The van der Waals surface area contributed by atoms with E-state index in [4.69, 9.17) is 13.8 Å². The van der Waals surface area contributed by atoms with Gasteiger partial charge in [0.25, 0.3) is 0 Å². The Morgan fingerprint density at radius 1 is 1.30 bits per heavy atom. The fourth-order valence-corrected chi connectivity index (χ4v) is 5.05. The van der Waals surface area contributed by atoms with Gasteiger partial charge in [0.05, 0.1) is 39.5 Å². The van der Waals surface area contributed by atoms with Gasteiger partial charge in [-0.05, 0) is 13.0 Å². The zero-order chi connectivity index (χ0) is 19.9. The largest absolute Gasteiger partial charge is 0.469 e. The second-order valence-electron chi connectivity index (χ2n) is 7.51. The molecule has 2 fully saturated rings. The van der Waals surface area contributed by atoms with Crippen molar-refractivity contribution in [3.05, 3.63) is 0 Å². The van der Waals surface area contributed by atoms with Gasteiger partial charge in [0.1, 0.15) is 0 Å². The molecule has 0 aromatic rings. The van der Waals surface area contributed by atoms with E-state index in [-0.39, 0.29) is 31.6 Å². The van der Waals surface area contributed by atoms with Gasteiger partial charge in [0.2, 0.25) is 5.91 Å². The Hall–Kier alpha value is -0.990. The summed E-state index contributed by atoms with van der Waals surface area (Å²) in [6.45, 7) is 7.93. The molecular weight excluding hydrogens is 375 g/mol. The normalized spacial score (nSPS) is 28.5. The molecule has 0 saturated carbocycles. The van der Waals surface area contributed by atoms with Gasteiger partial charge in [-0.15, -0.1) is 0 Å². The Kier molecular flexibility index (Phi) is 8.24. The first-order valence-corrected chi connectivity index (χ1v) is 11.1. The Bertz CT molecular complexity index is 563. The number of esters is 1. The van der Waals surface area contributed by atoms with Crippen molar-refractivity contribution in [2.75, 3.05) is 59.3 Å². The first-order valence-electron chi connectivity index (χ1n) is 9.32. The number of hydrogen-bond donors (Lipinski definition) is 1. The monoisotopic (exact) mass is 406 g/mol. The average Bonchev–Trinajstić information content (AvgIpc) is 2.64. The number of nitrogens with one attached hydrogen (secondary N) is 1. The van der Waals surface area contributed by atoms with Gasteiger partial charge in [-0.3, -0.25) is 23.6 Å². The Balaban J connectivity index is 1.85. The van der Waals surface area contributed by atoms with Crippen LogP contribution < -0.4 is 5.32 Å². The van der Waals surface area contributed by atoms with Crippen LogP contribution in [0.4, 0.5) is 0 Å². The number of methoxy groups -OCH3 is 1. The SMILES string of the molecule is COC(=O)CCNC(=O)[C@@H]1OP(=O)(CCCN2CCOCC2)OCC1(C)C. The fraction of sp³-hybridized carbons (Fsp3) is 0.882. The van der Waals surface area contributed by atoms with Crippen LogP contribution in [0, 0.1) is 5.41 Å². The highest BCUT2D eigenvalue weighted by molar-refractivity contribution is 7.53. The maximum atomic E-state index is 13.0. The first kappa shape index (κ1) is 22.3. The topological polar surface area (TPSA) is 103 Å². The van der Waals surface area contributed by atoms with Crippen molar-refractivity contribution in [1.29, 1.82) is 0 Å². The van der Waals surface area contributed by atoms with E-state index in [9.17, 15) is 14.2 Å². The molecule has 156 valence electrons. The van der Waals surface area contributed by atoms with E-state index in [0.29, 0.717) is 19.6 Å². The molecule has 2 aliphatic rings. The summed E-state index contributed by atoms with van der Waals surface area (Å²) in [5, 5.41) is 2.66. The highest BCUT2D eigenvalue weighted by Crippen LogP contribution is 2.56. The van der Waals surface area contributed by atoms with E-state index in [1.807, 2.05) is 13.8 Å². The first-order chi connectivity index (χ1) is 12.8. The van der Waals surface area contributed by atoms with Crippen molar-refractivity contribution in [2.45, 2.75) is 32.8 Å². The van der Waals surface area contributed by atoms with E-state index in [2.05, 4.69) is 15.0 Å².